The van der Waals surface area contributed by atoms with Gasteiger partial charge in [0, 0.05) is 48.1 Å². The van der Waals surface area contributed by atoms with E-state index < -0.39 is 24.1 Å². The van der Waals surface area contributed by atoms with Crippen molar-refractivity contribution in [3.8, 4) is 11.1 Å². The Morgan fingerprint density at radius 3 is 2.59 bits per heavy atom. The number of fused-ring (bicyclic) bond motifs is 1. The van der Waals surface area contributed by atoms with E-state index in [-0.39, 0.29) is 18.1 Å². The van der Waals surface area contributed by atoms with Gasteiger partial charge in [0.25, 0.3) is 5.91 Å². The van der Waals surface area contributed by atoms with E-state index >= 15 is 0 Å². The Morgan fingerprint density at radius 2 is 1.97 bits per heavy atom. The van der Waals surface area contributed by atoms with E-state index in [0.29, 0.717) is 47.4 Å². The number of pyridine rings is 3. The highest BCUT2D eigenvalue weighted by molar-refractivity contribution is 6.03. The van der Waals surface area contributed by atoms with Crippen molar-refractivity contribution in [2.45, 2.75) is 45.4 Å². The topological polar surface area (TPSA) is 108 Å². The van der Waals surface area contributed by atoms with Gasteiger partial charge in [-0.2, -0.15) is 0 Å². The number of amides is 2. The zero-order chi connectivity index (χ0) is 24.0. The third kappa shape index (κ3) is 4.11. The van der Waals surface area contributed by atoms with Gasteiger partial charge in [-0.3, -0.25) is 14.6 Å². The number of hydrogen-bond donors (Lipinski definition) is 2. The predicted molar refractivity (Wildman–Crippen MR) is 125 cm³/mol. The molecule has 3 aromatic heterocycles. The van der Waals surface area contributed by atoms with Crippen molar-refractivity contribution in [2.75, 3.05) is 18.4 Å². The first-order chi connectivity index (χ1) is 16.4. The molecule has 176 valence electrons. The molecule has 2 amide bonds. The molecule has 9 heteroatoms. The second-order valence-corrected chi connectivity index (χ2v) is 8.99. The Bertz CT molecular complexity index is 1290. The molecular weight excluding hydrogens is 437 g/mol. The molecule has 1 saturated carbocycles. The summed E-state index contributed by atoms with van der Waals surface area (Å²) in [6.45, 7) is 5.16. The van der Waals surface area contributed by atoms with Crippen molar-refractivity contribution in [2.24, 2.45) is 5.92 Å². The monoisotopic (exact) mass is 463 g/mol. The lowest BCUT2D eigenvalue weighted by Gasteiger charge is -2.31. The molecule has 1 aliphatic carbocycles. The van der Waals surface area contributed by atoms with E-state index in [4.69, 9.17) is 0 Å². The average molecular weight is 464 g/mol. The number of aryl methyl sites for hydroxylation is 1. The highest BCUT2D eigenvalue weighted by Gasteiger charge is 2.43. The number of hydrogen-bond acceptors (Lipinski definition) is 6. The van der Waals surface area contributed by atoms with Gasteiger partial charge in [-0.1, -0.05) is 6.92 Å². The lowest BCUT2D eigenvalue weighted by molar-refractivity contribution is -0.117. The number of aliphatic hydroxyl groups excluding tert-OH is 1. The minimum atomic E-state index is -1.09. The first-order valence-corrected chi connectivity index (χ1v) is 11.6. The molecule has 1 aliphatic heterocycles. The molecule has 0 spiro atoms. The Hall–Kier alpha value is -3.46. The summed E-state index contributed by atoms with van der Waals surface area (Å²) < 4.78 is 13.2. The first-order valence-electron chi connectivity index (χ1n) is 11.6. The lowest BCUT2D eigenvalue weighted by Crippen LogP contribution is -2.42. The Balaban J connectivity index is 1.57. The predicted octanol–water partition coefficient (Wildman–Crippen LogP) is 3.59. The summed E-state index contributed by atoms with van der Waals surface area (Å²) in [6, 6.07) is 5.29. The van der Waals surface area contributed by atoms with Crippen LogP contribution >= 0.6 is 0 Å². The quantitative estimate of drug-likeness (QED) is 0.578. The van der Waals surface area contributed by atoms with Gasteiger partial charge in [-0.05, 0) is 43.9 Å². The summed E-state index contributed by atoms with van der Waals surface area (Å²) in [5.74, 6) is -0.916. The molecule has 3 atom stereocenters. The van der Waals surface area contributed by atoms with Gasteiger partial charge in [0.1, 0.15) is 17.7 Å². The molecule has 3 aromatic rings. The Labute approximate surface area is 196 Å². The SMILES string of the molecule is CC[C@H](O)c1cc(C)c(-c2cc3cnc(NC(=O)[C@H]4C[C@H]4F)cc3nc2C(=O)N2CCC2)cn1. The van der Waals surface area contributed by atoms with Crippen LogP contribution in [0.25, 0.3) is 22.0 Å². The number of aliphatic hydroxyl groups is 1. The van der Waals surface area contributed by atoms with Crippen LogP contribution in [0, 0.1) is 12.8 Å². The fourth-order valence-corrected chi connectivity index (χ4v) is 4.08. The number of carbonyl (C=O) groups is 2. The van der Waals surface area contributed by atoms with Crippen LogP contribution in [0.2, 0.25) is 0 Å². The van der Waals surface area contributed by atoms with E-state index in [1.54, 1.807) is 23.4 Å². The fraction of sp³-hybridized carbons (Fsp3) is 0.400. The molecule has 0 bridgehead atoms. The molecular formula is C25H26FN5O3. The largest absolute Gasteiger partial charge is 0.387 e. The minimum absolute atomic E-state index is 0.166. The highest BCUT2D eigenvalue weighted by Crippen LogP contribution is 2.35. The van der Waals surface area contributed by atoms with Gasteiger partial charge < -0.3 is 15.3 Å². The Kier molecular flexibility index (Phi) is 5.73. The van der Waals surface area contributed by atoms with Gasteiger partial charge in [-0.25, -0.2) is 14.4 Å². The molecule has 1 saturated heterocycles. The van der Waals surface area contributed by atoms with Gasteiger partial charge in [0.05, 0.1) is 23.2 Å². The number of aromatic nitrogens is 3. The number of nitrogens with one attached hydrogen (secondary N) is 1. The highest BCUT2D eigenvalue weighted by atomic mass is 19.1. The number of nitrogens with zero attached hydrogens (tertiary/aromatic N) is 4. The van der Waals surface area contributed by atoms with Crippen LogP contribution < -0.4 is 5.32 Å². The van der Waals surface area contributed by atoms with Crippen LogP contribution in [0.4, 0.5) is 10.2 Å². The number of carbonyl (C=O) groups excluding carboxylic acids is 2. The molecule has 8 nitrogen and oxygen atoms in total. The van der Waals surface area contributed by atoms with Crippen LogP contribution in [0.1, 0.15) is 54.0 Å². The number of halogens is 1. The minimum Gasteiger partial charge on any atom is -0.387 e. The lowest BCUT2D eigenvalue weighted by atomic mass is 9.97. The van der Waals surface area contributed by atoms with E-state index in [9.17, 15) is 19.1 Å². The van der Waals surface area contributed by atoms with Crippen LogP contribution in [0.15, 0.2) is 30.6 Å². The van der Waals surface area contributed by atoms with Crippen molar-refractivity contribution >= 4 is 28.5 Å². The fourth-order valence-electron chi connectivity index (χ4n) is 4.08. The van der Waals surface area contributed by atoms with Crippen molar-refractivity contribution in [3.05, 3.63) is 47.5 Å². The van der Waals surface area contributed by atoms with Crippen LogP contribution in [0.3, 0.4) is 0 Å². The Morgan fingerprint density at radius 1 is 1.21 bits per heavy atom. The van der Waals surface area contributed by atoms with Crippen molar-refractivity contribution in [3.63, 3.8) is 0 Å². The molecule has 4 heterocycles. The summed E-state index contributed by atoms with van der Waals surface area (Å²) in [4.78, 5) is 40.5. The van der Waals surface area contributed by atoms with E-state index in [1.165, 1.54) is 0 Å². The zero-order valence-electron chi connectivity index (χ0n) is 19.1. The van der Waals surface area contributed by atoms with Gasteiger partial charge >= 0.3 is 0 Å². The number of anilines is 1. The normalized spacial score (nSPS) is 20.1. The molecule has 2 fully saturated rings. The standard InChI is InChI=1S/C25H26FN5O3/c1-3-21(32)20-7-13(2)17(12-27-20)15-8-14-11-28-22(30-24(33)16-9-18(16)26)10-19(14)29-23(15)25(34)31-5-4-6-31/h7-8,10-12,16,18,21,32H,3-6,9H2,1-2H3,(H,28,30,33)/t16-,18+,21-/m0/s1. The zero-order valence-corrected chi connectivity index (χ0v) is 19.1. The maximum Gasteiger partial charge on any atom is 0.273 e. The van der Waals surface area contributed by atoms with Crippen LogP contribution in [-0.4, -0.2) is 56.0 Å². The summed E-state index contributed by atoms with van der Waals surface area (Å²) in [5, 5.41) is 13.5. The first kappa shape index (κ1) is 22.3. The van der Waals surface area contributed by atoms with Gasteiger partial charge in [0.2, 0.25) is 5.91 Å². The van der Waals surface area contributed by atoms with Crippen molar-refractivity contribution < 1.29 is 19.1 Å². The van der Waals surface area contributed by atoms with E-state index in [2.05, 4.69) is 20.3 Å². The average Bonchev–Trinajstić information content (AvgIpc) is 3.53. The van der Waals surface area contributed by atoms with E-state index in [1.807, 2.05) is 26.0 Å². The second-order valence-electron chi connectivity index (χ2n) is 8.99. The molecule has 34 heavy (non-hydrogen) atoms. The number of rotatable bonds is 6. The van der Waals surface area contributed by atoms with Gasteiger partial charge in [0.15, 0.2) is 0 Å². The van der Waals surface area contributed by atoms with Gasteiger partial charge in [-0.15, -0.1) is 0 Å². The maximum atomic E-state index is 13.3. The third-order valence-electron chi connectivity index (χ3n) is 6.50. The van der Waals surface area contributed by atoms with Crippen molar-refractivity contribution in [1.29, 1.82) is 0 Å². The molecule has 2 aliphatic rings. The molecule has 0 unspecified atom stereocenters. The second kappa shape index (κ2) is 8.72. The van der Waals surface area contributed by atoms with Crippen molar-refractivity contribution in [1.82, 2.24) is 19.9 Å². The smallest absolute Gasteiger partial charge is 0.273 e. The summed E-state index contributed by atoms with van der Waals surface area (Å²) in [6.07, 6.45) is 3.25. The summed E-state index contributed by atoms with van der Waals surface area (Å²) in [5.41, 5.74) is 3.67. The molecule has 0 aromatic carbocycles. The van der Waals surface area contributed by atoms with Crippen LogP contribution in [0.5, 0.6) is 0 Å². The maximum absolute atomic E-state index is 13.3. The summed E-state index contributed by atoms with van der Waals surface area (Å²) in [7, 11) is 0. The summed E-state index contributed by atoms with van der Waals surface area (Å²) >= 11 is 0. The van der Waals surface area contributed by atoms with E-state index in [0.717, 1.165) is 17.5 Å². The molecule has 2 N–H and O–H groups in total. The number of alkyl halides is 1. The number of likely N-dealkylation sites (tertiary alicyclic amines) is 1. The molecule has 0 radical (unpaired) electrons. The third-order valence-corrected chi connectivity index (χ3v) is 6.50. The van der Waals surface area contributed by atoms with Crippen LogP contribution in [-0.2, 0) is 4.79 Å². The molecule has 5 rings (SSSR count).